The predicted octanol–water partition coefficient (Wildman–Crippen LogP) is 4.83. The molecule has 0 spiro atoms. The van der Waals surface area contributed by atoms with Crippen LogP contribution in [-0.2, 0) is 11.3 Å². The number of fused-ring (bicyclic) bond motifs is 1. The van der Waals surface area contributed by atoms with Gasteiger partial charge >= 0.3 is 0 Å². The van der Waals surface area contributed by atoms with Gasteiger partial charge in [0.05, 0.1) is 10.3 Å². The Balaban J connectivity index is 1.71. The number of amides is 1. The average Bonchev–Trinajstić information content (AvgIpc) is 3.21. The van der Waals surface area contributed by atoms with Crippen LogP contribution in [-0.4, -0.2) is 15.7 Å². The predicted molar refractivity (Wildman–Crippen MR) is 117 cm³/mol. The summed E-state index contributed by atoms with van der Waals surface area (Å²) in [6, 6.07) is 16.9. The molecule has 0 fully saturated rings. The largest absolute Gasteiger partial charge is 0.324 e. The standard InChI is InChI=1S/C21H16BrN3O2S/c1-13-11-14(22)8-9-17(13)23-19(26)12-25-21(27)16-6-3-2-5-15(16)20(24-25)18-7-4-10-28-18/h2-11H,12H2,1H3,(H,23,26). The number of hydrogen-bond donors (Lipinski definition) is 1. The van der Waals surface area contributed by atoms with Gasteiger partial charge in [-0.1, -0.05) is 40.2 Å². The van der Waals surface area contributed by atoms with Gasteiger partial charge in [0.1, 0.15) is 12.2 Å². The van der Waals surface area contributed by atoms with Gasteiger partial charge in [-0.3, -0.25) is 9.59 Å². The van der Waals surface area contributed by atoms with Crippen molar-refractivity contribution in [3.05, 3.63) is 80.4 Å². The molecule has 7 heteroatoms. The van der Waals surface area contributed by atoms with Gasteiger partial charge in [-0.2, -0.15) is 5.10 Å². The van der Waals surface area contributed by atoms with Crippen molar-refractivity contribution >= 4 is 49.6 Å². The molecule has 2 aromatic heterocycles. The van der Waals surface area contributed by atoms with Crippen LogP contribution in [0.25, 0.3) is 21.3 Å². The monoisotopic (exact) mass is 453 g/mol. The molecule has 4 rings (SSSR count). The number of aryl methyl sites for hydroxylation is 1. The Kier molecular flexibility index (Phi) is 5.11. The van der Waals surface area contributed by atoms with Gasteiger partial charge in [0.25, 0.3) is 5.56 Å². The molecule has 0 aliphatic rings. The van der Waals surface area contributed by atoms with Crippen LogP contribution in [0.2, 0.25) is 0 Å². The van der Waals surface area contributed by atoms with Crippen molar-refractivity contribution in [1.29, 1.82) is 0 Å². The lowest BCUT2D eigenvalue weighted by Crippen LogP contribution is -2.30. The first-order valence-corrected chi connectivity index (χ1v) is 10.3. The molecule has 28 heavy (non-hydrogen) atoms. The number of anilines is 1. The van der Waals surface area contributed by atoms with Gasteiger partial charge in [-0.25, -0.2) is 4.68 Å². The minimum absolute atomic E-state index is 0.155. The normalized spacial score (nSPS) is 10.9. The quantitative estimate of drug-likeness (QED) is 0.480. The fraction of sp³-hybridized carbons (Fsp3) is 0.0952. The number of carbonyl (C=O) groups is 1. The van der Waals surface area contributed by atoms with Gasteiger partial charge < -0.3 is 5.32 Å². The topological polar surface area (TPSA) is 64.0 Å². The number of benzene rings is 2. The van der Waals surface area contributed by atoms with E-state index in [2.05, 4.69) is 26.3 Å². The molecule has 0 atom stereocenters. The van der Waals surface area contributed by atoms with Crippen molar-refractivity contribution < 1.29 is 4.79 Å². The molecule has 1 amide bonds. The van der Waals surface area contributed by atoms with E-state index in [9.17, 15) is 9.59 Å². The van der Waals surface area contributed by atoms with Gasteiger partial charge in [-0.05, 0) is 48.2 Å². The molecule has 140 valence electrons. The van der Waals surface area contributed by atoms with E-state index in [1.54, 1.807) is 17.4 Å². The Hall–Kier alpha value is -2.77. The van der Waals surface area contributed by atoms with Crippen LogP contribution in [0.4, 0.5) is 5.69 Å². The van der Waals surface area contributed by atoms with Gasteiger partial charge in [0.15, 0.2) is 0 Å². The second kappa shape index (κ2) is 7.69. The lowest BCUT2D eigenvalue weighted by molar-refractivity contribution is -0.117. The summed E-state index contributed by atoms with van der Waals surface area (Å²) in [5, 5.41) is 10.7. The third-order valence-corrected chi connectivity index (χ3v) is 5.75. The van der Waals surface area contributed by atoms with Crippen LogP contribution in [0.1, 0.15) is 5.56 Å². The number of halogens is 1. The van der Waals surface area contributed by atoms with E-state index >= 15 is 0 Å². The van der Waals surface area contributed by atoms with E-state index in [0.29, 0.717) is 16.8 Å². The van der Waals surface area contributed by atoms with Crippen molar-refractivity contribution in [3.8, 4) is 10.6 Å². The summed E-state index contributed by atoms with van der Waals surface area (Å²) in [5.74, 6) is -0.299. The summed E-state index contributed by atoms with van der Waals surface area (Å²) in [5.41, 5.74) is 2.07. The molecule has 0 aliphatic heterocycles. The summed E-state index contributed by atoms with van der Waals surface area (Å²) in [6.07, 6.45) is 0. The van der Waals surface area contributed by atoms with E-state index < -0.39 is 0 Å². The highest BCUT2D eigenvalue weighted by Gasteiger charge is 2.15. The molecule has 0 saturated carbocycles. The summed E-state index contributed by atoms with van der Waals surface area (Å²) >= 11 is 4.96. The van der Waals surface area contributed by atoms with Crippen molar-refractivity contribution in [1.82, 2.24) is 9.78 Å². The number of carbonyl (C=O) groups excluding carboxylic acids is 1. The molecule has 0 aliphatic carbocycles. The molecule has 0 bridgehead atoms. The van der Waals surface area contributed by atoms with E-state index in [1.807, 2.05) is 60.8 Å². The molecule has 5 nitrogen and oxygen atoms in total. The highest BCUT2D eigenvalue weighted by atomic mass is 79.9. The molecule has 1 N–H and O–H groups in total. The SMILES string of the molecule is Cc1cc(Br)ccc1NC(=O)Cn1nc(-c2cccs2)c2ccccc2c1=O. The number of hydrogen-bond acceptors (Lipinski definition) is 4. The zero-order chi connectivity index (χ0) is 19.7. The number of rotatable bonds is 4. The first-order valence-electron chi connectivity index (χ1n) is 8.62. The second-order valence-corrected chi connectivity index (χ2v) is 8.21. The van der Waals surface area contributed by atoms with Crippen LogP contribution >= 0.6 is 27.3 Å². The summed E-state index contributed by atoms with van der Waals surface area (Å²) in [6.45, 7) is 1.76. The first-order chi connectivity index (χ1) is 13.5. The molecule has 2 heterocycles. The minimum Gasteiger partial charge on any atom is -0.324 e. The fourth-order valence-electron chi connectivity index (χ4n) is 3.03. The molecular weight excluding hydrogens is 438 g/mol. The maximum Gasteiger partial charge on any atom is 0.275 e. The Morgan fingerprint density at radius 3 is 2.64 bits per heavy atom. The van der Waals surface area contributed by atoms with Crippen molar-refractivity contribution in [2.24, 2.45) is 0 Å². The number of thiophene rings is 1. The summed E-state index contributed by atoms with van der Waals surface area (Å²) < 4.78 is 2.18. The van der Waals surface area contributed by atoms with Crippen LogP contribution in [0, 0.1) is 6.92 Å². The van der Waals surface area contributed by atoms with Crippen LogP contribution < -0.4 is 10.9 Å². The van der Waals surface area contributed by atoms with Crippen molar-refractivity contribution in [2.75, 3.05) is 5.32 Å². The van der Waals surface area contributed by atoms with Crippen molar-refractivity contribution in [3.63, 3.8) is 0 Å². The van der Waals surface area contributed by atoms with Gasteiger partial charge in [0.2, 0.25) is 5.91 Å². The van der Waals surface area contributed by atoms with Gasteiger partial charge in [0, 0.05) is 15.5 Å². The zero-order valence-electron chi connectivity index (χ0n) is 15.0. The Bertz CT molecular complexity index is 1230. The number of nitrogens with one attached hydrogen (secondary N) is 1. The smallest absolute Gasteiger partial charge is 0.275 e. The average molecular weight is 454 g/mol. The van der Waals surface area contributed by atoms with Crippen LogP contribution in [0.5, 0.6) is 0 Å². The molecule has 0 radical (unpaired) electrons. The van der Waals surface area contributed by atoms with E-state index in [1.165, 1.54) is 4.68 Å². The third kappa shape index (κ3) is 3.63. The first kappa shape index (κ1) is 18.6. The molecule has 2 aromatic carbocycles. The molecule has 4 aromatic rings. The maximum absolute atomic E-state index is 12.9. The summed E-state index contributed by atoms with van der Waals surface area (Å²) in [4.78, 5) is 26.4. The Morgan fingerprint density at radius 1 is 1.14 bits per heavy atom. The third-order valence-electron chi connectivity index (χ3n) is 4.38. The lowest BCUT2D eigenvalue weighted by Gasteiger charge is -2.12. The fourth-order valence-corrected chi connectivity index (χ4v) is 4.23. The maximum atomic E-state index is 12.9. The Labute approximate surface area is 173 Å². The number of aromatic nitrogens is 2. The van der Waals surface area contributed by atoms with Crippen LogP contribution in [0.15, 0.2) is 69.2 Å². The second-order valence-electron chi connectivity index (χ2n) is 6.34. The lowest BCUT2D eigenvalue weighted by atomic mass is 10.1. The molecule has 0 unspecified atom stereocenters. The van der Waals surface area contributed by atoms with Crippen LogP contribution in [0.3, 0.4) is 0 Å². The van der Waals surface area contributed by atoms with Crippen molar-refractivity contribution in [2.45, 2.75) is 13.5 Å². The Morgan fingerprint density at radius 2 is 1.93 bits per heavy atom. The van der Waals surface area contributed by atoms with E-state index in [-0.39, 0.29) is 18.0 Å². The van der Waals surface area contributed by atoms with E-state index in [0.717, 1.165) is 20.3 Å². The molecular formula is C21H16BrN3O2S. The number of nitrogens with zero attached hydrogens (tertiary/aromatic N) is 2. The van der Waals surface area contributed by atoms with Gasteiger partial charge in [-0.15, -0.1) is 11.3 Å². The zero-order valence-corrected chi connectivity index (χ0v) is 17.4. The van der Waals surface area contributed by atoms with E-state index in [4.69, 9.17) is 0 Å². The summed E-state index contributed by atoms with van der Waals surface area (Å²) in [7, 11) is 0. The highest BCUT2D eigenvalue weighted by Crippen LogP contribution is 2.28. The molecule has 0 saturated heterocycles. The highest BCUT2D eigenvalue weighted by molar-refractivity contribution is 9.10. The minimum atomic E-state index is -0.299.